The van der Waals surface area contributed by atoms with Gasteiger partial charge in [0, 0.05) is 27.9 Å². The third-order valence-electron chi connectivity index (χ3n) is 3.64. The van der Waals surface area contributed by atoms with Crippen LogP contribution >= 0.6 is 15.9 Å². The van der Waals surface area contributed by atoms with E-state index in [2.05, 4.69) is 22.0 Å². The summed E-state index contributed by atoms with van der Waals surface area (Å²) in [5.74, 6) is 0.0856. The number of hydrogen-bond acceptors (Lipinski definition) is 5. The highest BCUT2D eigenvalue weighted by Gasteiger charge is 2.44. The summed E-state index contributed by atoms with van der Waals surface area (Å²) in [5, 5.41) is 29.8. The molecule has 0 amide bonds. The summed E-state index contributed by atoms with van der Waals surface area (Å²) in [4.78, 5) is 10.7. The second kappa shape index (κ2) is 6.00. The van der Waals surface area contributed by atoms with Gasteiger partial charge in [-0.15, -0.1) is 0 Å². The van der Waals surface area contributed by atoms with Gasteiger partial charge < -0.3 is 9.84 Å². The average molecular weight is 355 g/mol. The zero-order valence-corrected chi connectivity index (χ0v) is 13.1. The molecule has 0 saturated heterocycles. The summed E-state index contributed by atoms with van der Waals surface area (Å²) in [6.45, 7) is 1.78. The normalized spacial score (nSPS) is 16.9. The SMILES string of the molecule is C[C@@H](O)c1cc(Br)cc([N+](=O)[O-])c1OCC1(CC#N)CC1. The highest BCUT2D eigenvalue weighted by atomic mass is 79.9. The Kier molecular flexibility index (Phi) is 4.49. The molecule has 0 aromatic heterocycles. The highest BCUT2D eigenvalue weighted by Crippen LogP contribution is 2.49. The number of aliphatic hydroxyl groups is 1. The molecule has 1 aromatic rings. The molecular formula is C14H15BrN2O4. The highest BCUT2D eigenvalue weighted by molar-refractivity contribution is 9.10. The van der Waals surface area contributed by atoms with Gasteiger partial charge in [0.15, 0.2) is 0 Å². The zero-order chi connectivity index (χ0) is 15.6. The maximum absolute atomic E-state index is 11.2. The Balaban J connectivity index is 2.32. The van der Waals surface area contributed by atoms with Crippen LogP contribution in [0.2, 0.25) is 0 Å². The van der Waals surface area contributed by atoms with E-state index in [0.717, 1.165) is 12.8 Å². The van der Waals surface area contributed by atoms with Gasteiger partial charge in [-0.3, -0.25) is 10.1 Å². The minimum absolute atomic E-state index is 0.0856. The Morgan fingerprint density at radius 2 is 2.29 bits per heavy atom. The van der Waals surface area contributed by atoms with E-state index in [1.165, 1.54) is 13.0 Å². The lowest BCUT2D eigenvalue weighted by atomic mass is 10.0. The third kappa shape index (κ3) is 3.52. The summed E-state index contributed by atoms with van der Waals surface area (Å²) in [6, 6.07) is 5.08. The Hall–Kier alpha value is -1.65. The predicted molar refractivity (Wildman–Crippen MR) is 78.8 cm³/mol. The van der Waals surface area contributed by atoms with Crippen LogP contribution in [0.5, 0.6) is 5.75 Å². The minimum atomic E-state index is -0.887. The monoisotopic (exact) mass is 354 g/mol. The molecule has 6 nitrogen and oxygen atoms in total. The van der Waals surface area contributed by atoms with E-state index >= 15 is 0 Å². The van der Waals surface area contributed by atoms with Crippen molar-refractivity contribution in [3.05, 3.63) is 32.3 Å². The molecule has 0 heterocycles. The lowest BCUT2D eigenvalue weighted by Gasteiger charge is -2.17. The largest absolute Gasteiger partial charge is 0.486 e. The summed E-state index contributed by atoms with van der Waals surface area (Å²) in [7, 11) is 0. The number of ether oxygens (including phenoxy) is 1. The van der Waals surface area contributed by atoms with Gasteiger partial charge in [-0.2, -0.15) is 5.26 Å². The van der Waals surface area contributed by atoms with Crippen molar-refractivity contribution >= 4 is 21.6 Å². The van der Waals surface area contributed by atoms with E-state index in [0.29, 0.717) is 16.5 Å². The van der Waals surface area contributed by atoms with Crippen LogP contribution in [-0.2, 0) is 0 Å². The van der Waals surface area contributed by atoms with Crippen LogP contribution in [0.25, 0.3) is 0 Å². The fourth-order valence-electron chi connectivity index (χ4n) is 2.14. The van der Waals surface area contributed by atoms with Gasteiger partial charge in [0.25, 0.3) is 0 Å². The maximum atomic E-state index is 11.2. The van der Waals surface area contributed by atoms with Gasteiger partial charge in [-0.05, 0) is 25.8 Å². The second-order valence-electron chi connectivity index (χ2n) is 5.40. The van der Waals surface area contributed by atoms with Crippen molar-refractivity contribution < 1.29 is 14.8 Å². The molecule has 0 bridgehead atoms. The van der Waals surface area contributed by atoms with Crippen LogP contribution in [0.15, 0.2) is 16.6 Å². The molecule has 1 aromatic carbocycles. The van der Waals surface area contributed by atoms with Crippen molar-refractivity contribution in [2.75, 3.05) is 6.61 Å². The van der Waals surface area contributed by atoms with Gasteiger partial charge in [0.05, 0.1) is 23.7 Å². The molecule has 7 heteroatoms. The number of benzene rings is 1. The molecule has 1 N–H and O–H groups in total. The first kappa shape index (κ1) is 15.7. The van der Waals surface area contributed by atoms with E-state index in [4.69, 9.17) is 10.00 Å². The summed E-state index contributed by atoms with van der Waals surface area (Å²) in [6.07, 6.45) is 1.26. The molecule has 1 atom stereocenters. The molecule has 21 heavy (non-hydrogen) atoms. The number of nitro benzene ring substituents is 1. The van der Waals surface area contributed by atoms with Gasteiger partial charge in [-0.25, -0.2) is 0 Å². The maximum Gasteiger partial charge on any atom is 0.312 e. The molecule has 1 aliphatic carbocycles. The number of halogens is 1. The topological polar surface area (TPSA) is 96.4 Å². The van der Waals surface area contributed by atoms with E-state index in [-0.39, 0.29) is 23.5 Å². The van der Waals surface area contributed by atoms with Crippen molar-refractivity contribution in [1.82, 2.24) is 0 Å². The molecule has 1 fully saturated rings. The Morgan fingerprint density at radius 3 is 2.76 bits per heavy atom. The third-order valence-corrected chi connectivity index (χ3v) is 4.10. The van der Waals surface area contributed by atoms with E-state index in [1.54, 1.807) is 6.07 Å². The van der Waals surface area contributed by atoms with Crippen molar-refractivity contribution in [3.63, 3.8) is 0 Å². The van der Waals surface area contributed by atoms with Crippen LogP contribution in [-0.4, -0.2) is 16.6 Å². The summed E-state index contributed by atoms with van der Waals surface area (Å²) >= 11 is 3.20. The Labute approximate surface area is 130 Å². The number of aliphatic hydroxyl groups excluding tert-OH is 1. The fraction of sp³-hybridized carbons (Fsp3) is 0.500. The van der Waals surface area contributed by atoms with Crippen molar-refractivity contribution in [2.24, 2.45) is 5.41 Å². The van der Waals surface area contributed by atoms with Crippen LogP contribution in [0.3, 0.4) is 0 Å². The quantitative estimate of drug-likeness (QED) is 0.622. The van der Waals surface area contributed by atoms with Gasteiger partial charge >= 0.3 is 5.69 Å². The number of nitro groups is 1. The average Bonchev–Trinajstić information content (AvgIpc) is 3.16. The molecule has 0 spiro atoms. The number of nitrogens with zero attached hydrogens (tertiary/aromatic N) is 2. The lowest BCUT2D eigenvalue weighted by molar-refractivity contribution is -0.386. The first-order valence-electron chi connectivity index (χ1n) is 6.54. The fourth-order valence-corrected chi connectivity index (χ4v) is 2.61. The first-order chi connectivity index (χ1) is 9.88. The number of nitriles is 1. The van der Waals surface area contributed by atoms with Crippen LogP contribution in [0.4, 0.5) is 5.69 Å². The van der Waals surface area contributed by atoms with E-state index in [1.807, 2.05) is 0 Å². The van der Waals surface area contributed by atoms with Crippen LogP contribution < -0.4 is 4.74 Å². The Bertz CT molecular complexity index is 606. The summed E-state index contributed by atoms with van der Waals surface area (Å²) in [5.41, 5.74) is -0.0112. The number of hydrogen-bond donors (Lipinski definition) is 1. The lowest BCUT2D eigenvalue weighted by Crippen LogP contribution is -2.14. The van der Waals surface area contributed by atoms with Crippen LogP contribution in [0, 0.1) is 26.9 Å². The zero-order valence-electron chi connectivity index (χ0n) is 11.5. The molecule has 112 valence electrons. The molecule has 2 rings (SSSR count). The molecule has 0 radical (unpaired) electrons. The Morgan fingerprint density at radius 1 is 1.62 bits per heavy atom. The van der Waals surface area contributed by atoms with E-state index in [9.17, 15) is 15.2 Å². The standard InChI is InChI=1S/C14H15BrN2O4/c1-9(18)11-6-10(15)7-12(17(19)20)13(11)21-8-14(2-3-14)4-5-16/h6-7,9,18H,2-4,8H2,1H3/t9-/m1/s1. The second-order valence-corrected chi connectivity index (χ2v) is 6.32. The van der Waals surface area contributed by atoms with Crippen molar-refractivity contribution in [3.8, 4) is 11.8 Å². The first-order valence-corrected chi connectivity index (χ1v) is 7.33. The number of rotatable bonds is 6. The predicted octanol–water partition coefficient (Wildman–Crippen LogP) is 3.48. The smallest absolute Gasteiger partial charge is 0.312 e. The molecule has 1 aliphatic rings. The van der Waals surface area contributed by atoms with Crippen LogP contribution in [0.1, 0.15) is 37.9 Å². The van der Waals surface area contributed by atoms with Crippen molar-refractivity contribution in [2.45, 2.75) is 32.3 Å². The minimum Gasteiger partial charge on any atom is -0.486 e. The molecule has 0 unspecified atom stereocenters. The molecule has 0 aliphatic heterocycles. The van der Waals surface area contributed by atoms with Gasteiger partial charge in [0.1, 0.15) is 0 Å². The van der Waals surface area contributed by atoms with Gasteiger partial charge in [-0.1, -0.05) is 15.9 Å². The van der Waals surface area contributed by atoms with Gasteiger partial charge in [0.2, 0.25) is 5.75 Å². The van der Waals surface area contributed by atoms with Crippen molar-refractivity contribution in [1.29, 1.82) is 5.26 Å². The van der Waals surface area contributed by atoms with E-state index < -0.39 is 11.0 Å². The summed E-state index contributed by atoms with van der Waals surface area (Å²) < 4.78 is 6.16. The molecule has 1 saturated carbocycles. The molecular weight excluding hydrogens is 340 g/mol.